The molecule has 0 spiro atoms. The Morgan fingerprint density at radius 2 is 2.12 bits per heavy atom. The first-order chi connectivity index (χ1) is 8.17. The van der Waals surface area contributed by atoms with Gasteiger partial charge in [0.05, 0.1) is 0 Å². The van der Waals surface area contributed by atoms with E-state index in [4.69, 9.17) is 0 Å². The lowest BCUT2D eigenvalue weighted by molar-refractivity contribution is 0.184. The van der Waals surface area contributed by atoms with Crippen molar-refractivity contribution in [3.05, 3.63) is 0 Å². The summed E-state index contributed by atoms with van der Waals surface area (Å²) >= 11 is 2.16. The van der Waals surface area contributed by atoms with E-state index >= 15 is 0 Å². The van der Waals surface area contributed by atoms with E-state index in [2.05, 4.69) is 49.7 Å². The van der Waals surface area contributed by atoms with Crippen molar-refractivity contribution < 1.29 is 0 Å². The topological polar surface area (TPSA) is 15.3 Å². The van der Waals surface area contributed by atoms with Gasteiger partial charge in [0, 0.05) is 42.7 Å². The lowest BCUT2D eigenvalue weighted by Gasteiger charge is -2.38. The van der Waals surface area contributed by atoms with Crippen LogP contribution in [0.3, 0.4) is 0 Å². The first kappa shape index (κ1) is 15.3. The van der Waals surface area contributed by atoms with Crippen LogP contribution in [0.1, 0.15) is 47.0 Å². The zero-order valence-corrected chi connectivity index (χ0v) is 12.9. The molecule has 1 aliphatic rings. The SMILES string of the molecule is CCCC(CNC(C)C)N1CCSC(CC)C1. The Morgan fingerprint density at radius 1 is 1.35 bits per heavy atom. The summed E-state index contributed by atoms with van der Waals surface area (Å²) in [4.78, 5) is 2.73. The van der Waals surface area contributed by atoms with Crippen LogP contribution in [0.2, 0.25) is 0 Å². The molecule has 1 N–H and O–H groups in total. The molecule has 2 atom stereocenters. The van der Waals surface area contributed by atoms with Gasteiger partial charge < -0.3 is 5.32 Å². The predicted octanol–water partition coefficient (Wildman–Crippen LogP) is 2.98. The second-order valence-corrected chi connectivity index (χ2v) is 6.81. The van der Waals surface area contributed by atoms with Gasteiger partial charge in [-0.05, 0) is 12.8 Å². The summed E-state index contributed by atoms with van der Waals surface area (Å²) in [5.74, 6) is 1.32. The van der Waals surface area contributed by atoms with E-state index in [-0.39, 0.29) is 0 Å². The third-order valence-corrected chi connectivity index (χ3v) is 4.90. The number of nitrogens with one attached hydrogen (secondary N) is 1. The lowest BCUT2D eigenvalue weighted by Crippen LogP contribution is -2.49. The predicted molar refractivity (Wildman–Crippen MR) is 79.9 cm³/mol. The molecule has 2 unspecified atom stereocenters. The summed E-state index contributed by atoms with van der Waals surface area (Å²) in [5, 5.41) is 4.48. The second kappa shape index (κ2) is 8.39. The van der Waals surface area contributed by atoms with Gasteiger partial charge >= 0.3 is 0 Å². The maximum absolute atomic E-state index is 3.61. The fourth-order valence-electron chi connectivity index (χ4n) is 2.44. The van der Waals surface area contributed by atoms with E-state index in [1.165, 1.54) is 38.1 Å². The molecule has 0 amide bonds. The number of hydrogen-bond acceptors (Lipinski definition) is 3. The highest BCUT2D eigenvalue weighted by atomic mass is 32.2. The van der Waals surface area contributed by atoms with Gasteiger partial charge in [0.2, 0.25) is 0 Å². The van der Waals surface area contributed by atoms with E-state index < -0.39 is 0 Å². The zero-order valence-electron chi connectivity index (χ0n) is 12.0. The molecule has 1 aliphatic heterocycles. The smallest absolute Gasteiger partial charge is 0.0221 e. The summed E-state index contributed by atoms with van der Waals surface area (Å²) in [6.45, 7) is 12.8. The van der Waals surface area contributed by atoms with Crippen LogP contribution in [0.4, 0.5) is 0 Å². The van der Waals surface area contributed by atoms with E-state index in [0.29, 0.717) is 6.04 Å². The Bertz CT molecular complexity index is 197. The van der Waals surface area contributed by atoms with Crippen molar-refractivity contribution in [1.29, 1.82) is 0 Å². The second-order valence-electron chi connectivity index (χ2n) is 5.40. The van der Waals surface area contributed by atoms with Gasteiger partial charge in [-0.3, -0.25) is 4.90 Å². The van der Waals surface area contributed by atoms with E-state index in [1.54, 1.807) is 0 Å². The van der Waals surface area contributed by atoms with Crippen molar-refractivity contribution in [3.8, 4) is 0 Å². The van der Waals surface area contributed by atoms with E-state index in [0.717, 1.165) is 17.8 Å². The Hall–Kier alpha value is 0.270. The molecule has 3 heteroatoms. The van der Waals surface area contributed by atoms with Crippen molar-refractivity contribution in [2.75, 3.05) is 25.4 Å². The molecule has 0 aromatic heterocycles. The minimum Gasteiger partial charge on any atom is -0.313 e. The summed E-state index contributed by atoms with van der Waals surface area (Å²) in [5.41, 5.74) is 0. The number of nitrogens with zero attached hydrogens (tertiary/aromatic N) is 1. The minimum absolute atomic E-state index is 0.607. The van der Waals surface area contributed by atoms with Crippen LogP contribution in [0.15, 0.2) is 0 Å². The van der Waals surface area contributed by atoms with Gasteiger partial charge in [-0.2, -0.15) is 11.8 Å². The third-order valence-electron chi connectivity index (χ3n) is 3.53. The summed E-state index contributed by atoms with van der Waals surface area (Å²) in [6, 6.07) is 1.35. The van der Waals surface area contributed by atoms with Crippen LogP contribution in [-0.4, -0.2) is 47.6 Å². The standard InChI is InChI=1S/C14H30N2S/c1-5-7-13(10-15-12(3)4)16-8-9-17-14(6-2)11-16/h12-15H,5-11H2,1-4H3. The van der Waals surface area contributed by atoms with Crippen molar-refractivity contribution in [2.24, 2.45) is 0 Å². The first-order valence-corrected chi connectivity index (χ1v) is 8.31. The number of rotatable bonds is 7. The monoisotopic (exact) mass is 258 g/mol. The maximum Gasteiger partial charge on any atom is 0.0221 e. The molecule has 17 heavy (non-hydrogen) atoms. The molecule has 0 saturated carbocycles. The van der Waals surface area contributed by atoms with E-state index in [9.17, 15) is 0 Å². The maximum atomic E-state index is 3.61. The van der Waals surface area contributed by atoms with Gasteiger partial charge in [-0.1, -0.05) is 34.1 Å². The first-order valence-electron chi connectivity index (χ1n) is 7.26. The molecule has 0 aliphatic carbocycles. The average molecular weight is 258 g/mol. The number of thioether (sulfide) groups is 1. The van der Waals surface area contributed by atoms with Gasteiger partial charge in [0.25, 0.3) is 0 Å². The summed E-state index contributed by atoms with van der Waals surface area (Å²) in [7, 11) is 0. The lowest BCUT2D eigenvalue weighted by atomic mass is 10.1. The van der Waals surface area contributed by atoms with Crippen molar-refractivity contribution >= 4 is 11.8 Å². The fraction of sp³-hybridized carbons (Fsp3) is 1.00. The van der Waals surface area contributed by atoms with Gasteiger partial charge in [0.15, 0.2) is 0 Å². The van der Waals surface area contributed by atoms with Gasteiger partial charge in [-0.15, -0.1) is 0 Å². The quantitative estimate of drug-likeness (QED) is 0.756. The van der Waals surface area contributed by atoms with Crippen LogP contribution < -0.4 is 5.32 Å². The Balaban J connectivity index is 2.44. The average Bonchev–Trinajstić information content (AvgIpc) is 2.34. The van der Waals surface area contributed by atoms with Crippen molar-refractivity contribution in [3.63, 3.8) is 0 Å². The Labute approximate surface area is 112 Å². The molecule has 0 aromatic rings. The van der Waals surface area contributed by atoms with Gasteiger partial charge in [-0.25, -0.2) is 0 Å². The highest BCUT2D eigenvalue weighted by Gasteiger charge is 2.24. The van der Waals surface area contributed by atoms with Gasteiger partial charge in [0.1, 0.15) is 0 Å². The molecule has 1 rings (SSSR count). The largest absolute Gasteiger partial charge is 0.313 e. The van der Waals surface area contributed by atoms with Crippen LogP contribution >= 0.6 is 11.8 Å². The third kappa shape index (κ3) is 5.62. The van der Waals surface area contributed by atoms with Crippen LogP contribution in [-0.2, 0) is 0 Å². The normalized spacial score (nSPS) is 24.2. The zero-order chi connectivity index (χ0) is 12.7. The van der Waals surface area contributed by atoms with E-state index in [1.807, 2.05) is 0 Å². The Kier molecular flexibility index (Phi) is 7.56. The van der Waals surface area contributed by atoms with Crippen LogP contribution in [0.5, 0.6) is 0 Å². The molecule has 1 saturated heterocycles. The summed E-state index contributed by atoms with van der Waals surface area (Å²) in [6.07, 6.45) is 3.95. The van der Waals surface area contributed by atoms with Crippen molar-refractivity contribution in [2.45, 2.75) is 64.3 Å². The molecule has 102 valence electrons. The molecular formula is C14H30N2S. The number of hydrogen-bond donors (Lipinski definition) is 1. The molecule has 0 radical (unpaired) electrons. The fourth-order valence-corrected chi connectivity index (χ4v) is 3.65. The summed E-state index contributed by atoms with van der Waals surface area (Å²) < 4.78 is 0. The van der Waals surface area contributed by atoms with Crippen molar-refractivity contribution in [1.82, 2.24) is 10.2 Å². The Morgan fingerprint density at radius 3 is 2.71 bits per heavy atom. The highest BCUT2D eigenvalue weighted by molar-refractivity contribution is 8.00. The molecule has 1 fully saturated rings. The molecule has 1 heterocycles. The minimum atomic E-state index is 0.607. The molecular weight excluding hydrogens is 228 g/mol. The van der Waals surface area contributed by atoms with Crippen LogP contribution in [0.25, 0.3) is 0 Å². The molecule has 2 nitrogen and oxygen atoms in total. The molecule has 0 bridgehead atoms. The molecule has 0 aromatic carbocycles. The van der Waals surface area contributed by atoms with Crippen LogP contribution in [0, 0.1) is 0 Å². The highest BCUT2D eigenvalue weighted by Crippen LogP contribution is 2.23.